The molecule has 0 aromatic carbocycles. The Labute approximate surface area is 133 Å². The van der Waals surface area contributed by atoms with Gasteiger partial charge in [-0.05, 0) is 31.2 Å². The first kappa shape index (κ1) is 15.2. The number of hydrogen-bond donors (Lipinski definition) is 2. The predicted octanol–water partition coefficient (Wildman–Crippen LogP) is 1.44. The van der Waals surface area contributed by atoms with Crippen LogP contribution >= 0.6 is 0 Å². The monoisotopic (exact) mass is 310 g/mol. The molecule has 0 aliphatic rings. The van der Waals surface area contributed by atoms with Crippen molar-refractivity contribution in [1.82, 2.24) is 19.7 Å². The molecule has 3 heterocycles. The van der Waals surface area contributed by atoms with Crippen LogP contribution in [-0.2, 0) is 13.0 Å². The minimum Gasteiger partial charge on any atom is -0.504 e. The van der Waals surface area contributed by atoms with Crippen molar-refractivity contribution >= 4 is 5.65 Å². The van der Waals surface area contributed by atoms with E-state index in [-0.39, 0.29) is 11.3 Å². The normalized spacial score (nSPS) is 11.0. The van der Waals surface area contributed by atoms with Gasteiger partial charge in [0.05, 0.1) is 5.69 Å². The number of hydrogen-bond acceptors (Lipinski definition) is 5. The Kier molecular flexibility index (Phi) is 4.34. The molecule has 0 spiro atoms. The first-order valence-corrected chi connectivity index (χ1v) is 7.47. The molecule has 6 heteroatoms. The second-order valence-electron chi connectivity index (χ2n) is 5.35. The largest absolute Gasteiger partial charge is 0.504 e. The molecule has 0 aliphatic carbocycles. The number of aryl methyl sites for hydroxylation is 1. The quantitative estimate of drug-likeness (QED) is 0.697. The van der Waals surface area contributed by atoms with Gasteiger partial charge in [0.25, 0.3) is 5.56 Å². The van der Waals surface area contributed by atoms with E-state index >= 15 is 0 Å². The molecule has 0 atom stereocenters. The SMILES string of the molecule is Cc1ccc(O)c2nc(CNCCc3ccccn3)cc(=O)n12. The lowest BCUT2D eigenvalue weighted by atomic mass is 10.2. The summed E-state index contributed by atoms with van der Waals surface area (Å²) >= 11 is 0. The molecule has 0 amide bonds. The van der Waals surface area contributed by atoms with E-state index in [0.29, 0.717) is 17.9 Å². The van der Waals surface area contributed by atoms with Gasteiger partial charge in [-0.3, -0.25) is 14.2 Å². The lowest BCUT2D eigenvalue weighted by molar-refractivity contribution is 0.476. The molecule has 3 rings (SSSR count). The van der Waals surface area contributed by atoms with Crippen molar-refractivity contribution < 1.29 is 5.11 Å². The lowest BCUT2D eigenvalue weighted by Crippen LogP contribution is -2.22. The standard InChI is InChI=1S/C17H18N4O2/c1-12-5-6-15(22)17-20-14(10-16(23)21(12)17)11-18-9-7-13-4-2-3-8-19-13/h2-6,8,10,18,22H,7,9,11H2,1H3. The van der Waals surface area contributed by atoms with E-state index < -0.39 is 0 Å². The Balaban J connectivity index is 1.71. The zero-order chi connectivity index (χ0) is 16.2. The minimum absolute atomic E-state index is 0.00281. The molecule has 0 unspecified atom stereocenters. The maximum atomic E-state index is 12.2. The highest BCUT2D eigenvalue weighted by atomic mass is 16.3. The number of rotatable bonds is 5. The van der Waals surface area contributed by atoms with E-state index in [2.05, 4.69) is 15.3 Å². The molecular formula is C17H18N4O2. The van der Waals surface area contributed by atoms with Crippen LogP contribution in [0.4, 0.5) is 0 Å². The molecule has 0 saturated carbocycles. The molecule has 6 nitrogen and oxygen atoms in total. The van der Waals surface area contributed by atoms with Crippen molar-refractivity contribution in [1.29, 1.82) is 0 Å². The first-order chi connectivity index (χ1) is 11.1. The summed E-state index contributed by atoms with van der Waals surface area (Å²) in [7, 11) is 0. The van der Waals surface area contributed by atoms with E-state index in [1.165, 1.54) is 10.5 Å². The maximum absolute atomic E-state index is 12.2. The summed E-state index contributed by atoms with van der Waals surface area (Å²) in [5.74, 6) is 0.00281. The molecule has 0 fully saturated rings. The fourth-order valence-electron chi connectivity index (χ4n) is 2.46. The summed E-state index contributed by atoms with van der Waals surface area (Å²) < 4.78 is 1.41. The number of pyridine rings is 2. The third kappa shape index (κ3) is 3.37. The Morgan fingerprint density at radius 1 is 1.22 bits per heavy atom. The summed E-state index contributed by atoms with van der Waals surface area (Å²) in [5, 5.41) is 13.2. The highest BCUT2D eigenvalue weighted by Gasteiger charge is 2.08. The zero-order valence-corrected chi connectivity index (χ0v) is 12.9. The van der Waals surface area contributed by atoms with Gasteiger partial charge in [0.2, 0.25) is 0 Å². The molecule has 118 valence electrons. The van der Waals surface area contributed by atoms with Gasteiger partial charge < -0.3 is 10.4 Å². The molecule has 2 N–H and O–H groups in total. The van der Waals surface area contributed by atoms with Crippen LogP contribution in [0.3, 0.4) is 0 Å². The number of fused-ring (bicyclic) bond motifs is 1. The van der Waals surface area contributed by atoms with E-state index in [9.17, 15) is 9.90 Å². The Morgan fingerprint density at radius 3 is 2.87 bits per heavy atom. The molecule has 0 bridgehead atoms. The van der Waals surface area contributed by atoms with Crippen LogP contribution in [0.5, 0.6) is 5.75 Å². The van der Waals surface area contributed by atoms with Crippen LogP contribution in [0, 0.1) is 6.92 Å². The van der Waals surface area contributed by atoms with Gasteiger partial charge in [-0.2, -0.15) is 0 Å². The van der Waals surface area contributed by atoms with E-state index in [1.54, 1.807) is 25.3 Å². The second kappa shape index (κ2) is 6.58. The third-order valence-corrected chi connectivity index (χ3v) is 3.63. The molecule has 0 aliphatic heterocycles. The van der Waals surface area contributed by atoms with Crippen LogP contribution in [0.15, 0.2) is 47.4 Å². The molecule has 0 saturated heterocycles. The molecule has 0 radical (unpaired) electrons. The van der Waals surface area contributed by atoms with Crippen molar-refractivity contribution in [3.05, 3.63) is 70.0 Å². The fraction of sp³-hybridized carbons (Fsp3) is 0.235. The van der Waals surface area contributed by atoms with Crippen molar-refractivity contribution in [2.75, 3.05) is 6.54 Å². The topological polar surface area (TPSA) is 79.5 Å². The second-order valence-corrected chi connectivity index (χ2v) is 5.35. The first-order valence-electron chi connectivity index (χ1n) is 7.47. The number of aromatic nitrogens is 3. The Bertz CT molecular complexity index is 875. The summed E-state index contributed by atoms with van der Waals surface area (Å²) in [4.78, 5) is 20.8. The van der Waals surface area contributed by atoms with Crippen LogP contribution in [-0.4, -0.2) is 26.0 Å². The average molecular weight is 310 g/mol. The van der Waals surface area contributed by atoms with Crippen LogP contribution in [0.2, 0.25) is 0 Å². The number of nitrogens with zero attached hydrogens (tertiary/aromatic N) is 3. The Hall–Kier alpha value is -2.73. The van der Waals surface area contributed by atoms with Crippen LogP contribution in [0.25, 0.3) is 5.65 Å². The number of aromatic hydroxyl groups is 1. The summed E-state index contributed by atoms with van der Waals surface area (Å²) in [6, 6.07) is 10.6. The molecule has 23 heavy (non-hydrogen) atoms. The van der Waals surface area contributed by atoms with Gasteiger partial charge in [-0.1, -0.05) is 6.07 Å². The van der Waals surface area contributed by atoms with Crippen molar-refractivity contribution in [2.45, 2.75) is 19.9 Å². The number of nitrogens with one attached hydrogen (secondary N) is 1. The average Bonchev–Trinajstić information content (AvgIpc) is 2.56. The highest BCUT2D eigenvalue weighted by Crippen LogP contribution is 2.16. The Morgan fingerprint density at radius 2 is 2.09 bits per heavy atom. The smallest absolute Gasteiger partial charge is 0.258 e. The lowest BCUT2D eigenvalue weighted by Gasteiger charge is -2.09. The van der Waals surface area contributed by atoms with Crippen molar-refractivity contribution in [3.8, 4) is 5.75 Å². The van der Waals surface area contributed by atoms with Crippen LogP contribution in [0.1, 0.15) is 17.1 Å². The van der Waals surface area contributed by atoms with Gasteiger partial charge >= 0.3 is 0 Å². The minimum atomic E-state index is -0.190. The van der Waals surface area contributed by atoms with Gasteiger partial charge in [-0.15, -0.1) is 0 Å². The molecule has 3 aromatic rings. The zero-order valence-electron chi connectivity index (χ0n) is 12.9. The van der Waals surface area contributed by atoms with Gasteiger partial charge in [-0.25, -0.2) is 4.98 Å². The highest BCUT2D eigenvalue weighted by molar-refractivity contribution is 5.53. The summed E-state index contributed by atoms with van der Waals surface area (Å²) in [6.07, 6.45) is 2.57. The van der Waals surface area contributed by atoms with Crippen molar-refractivity contribution in [2.24, 2.45) is 0 Å². The van der Waals surface area contributed by atoms with Crippen molar-refractivity contribution in [3.63, 3.8) is 0 Å². The van der Waals surface area contributed by atoms with Crippen LogP contribution < -0.4 is 10.9 Å². The molecule has 3 aromatic heterocycles. The fourth-order valence-corrected chi connectivity index (χ4v) is 2.46. The van der Waals surface area contributed by atoms with E-state index in [0.717, 1.165) is 24.4 Å². The van der Waals surface area contributed by atoms with Gasteiger partial charge in [0.15, 0.2) is 11.4 Å². The van der Waals surface area contributed by atoms with E-state index in [1.807, 2.05) is 18.2 Å². The molecular weight excluding hydrogens is 292 g/mol. The van der Waals surface area contributed by atoms with Gasteiger partial charge in [0, 0.05) is 43.2 Å². The summed E-state index contributed by atoms with van der Waals surface area (Å²) in [6.45, 7) is 3.00. The van der Waals surface area contributed by atoms with E-state index in [4.69, 9.17) is 0 Å². The maximum Gasteiger partial charge on any atom is 0.258 e. The third-order valence-electron chi connectivity index (χ3n) is 3.63. The van der Waals surface area contributed by atoms with Gasteiger partial charge in [0.1, 0.15) is 0 Å². The predicted molar refractivity (Wildman–Crippen MR) is 87.5 cm³/mol. The summed E-state index contributed by atoms with van der Waals surface area (Å²) in [5.41, 5.74) is 2.46.